The second-order valence-electron chi connectivity index (χ2n) is 9.26. The predicted molar refractivity (Wildman–Crippen MR) is 110 cm³/mol. The van der Waals surface area contributed by atoms with Gasteiger partial charge in [-0.05, 0) is 42.7 Å². The van der Waals surface area contributed by atoms with Gasteiger partial charge in [0.15, 0.2) is 0 Å². The number of nitrogens with one attached hydrogen (secondary N) is 1. The smallest absolute Gasteiger partial charge is 0.0238 e. The Balaban J connectivity index is 1.36. The molecule has 1 aliphatic heterocycles. The lowest BCUT2D eigenvalue weighted by Crippen LogP contribution is -2.42. The van der Waals surface area contributed by atoms with Crippen LogP contribution in [0.25, 0.3) is 0 Å². The van der Waals surface area contributed by atoms with E-state index >= 15 is 0 Å². The van der Waals surface area contributed by atoms with Crippen molar-refractivity contribution in [3.63, 3.8) is 0 Å². The maximum Gasteiger partial charge on any atom is 0.0238 e. The minimum Gasteiger partial charge on any atom is -0.312 e. The number of rotatable bonds is 6. The molecular weight excluding hydrogens is 316 g/mol. The van der Waals surface area contributed by atoms with Crippen molar-refractivity contribution in [2.75, 3.05) is 19.6 Å². The highest BCUT2D eigenvalue weighted by Gasteiger charge is 2.38. The fourth-order valence-corrected chi connectivity index (χ4v) is 5.85. The van der Waals surface area contributed by atoms with Crippen LogP contribution in [0.4, 0.5) is 0 Å². The van der Waals surface area contributed by atoms with Crippen LogP contribution in [0.2, 0.25) is 0 Å². The molecule has 0 bridgehead atoms. The van der Waals surface area contributed by atoms with Crippen LogP contribution in [-0.4, -0.2) is 30.6 Å². The number of hydrogen-bond donors (Lipinski definition) is 1. The molecule has 1 saturated heterocycles. The van der Waals surface area contributed by atoms with Gasteiger partial charge in [0.2, 0.25) is 0 Å². The molecule has 3 aliphatic rings. The van der Waals surface area contributed by atoms with E-state index in [2.05, 4.69) is 40.5 Å². The third-order valence-corrected chi connectivity index (χ3v) is 7.34. The van der Waals surface area contributed by atoms with Crippen LogP contribution in [0.3, 0.4) is 0 Å². The van der Waals surface area contributed by atoms with Crippen LogP contribution >= 0.6 is 0 Å². The topological polar surface area (TPSA) is 15.3 Å². The summed E-state index contributed by atoms with van der Waals surface area (Å²) in [7, 11) is 0. The van der Waals surface area contributed by atoms with Crippen LogP contribution in [0.5, 0.6) is 0 Å². The molecule has 1 aromatic rings. The lowest BCUT2D eigenvalue weighted by molar-refractivity contribution is 0.212. The molecule has 2 nitrogen and oxygen atoms in total. The molecule has 2 saturated carbocycles. The zero-order chi connectivity index (χ0) is 17.6. The first-order valence-corrected chi connectivity index (χ1v) is 11.4. The minimum atomic E-state index is 0.726. The molecular formula is C24H38N2. The van der Waals surface area contributed by atoms with Crippen molar-refractivity contribution in [2.45, 2.75) is 76.8 Å². The highest BCUT2D eigenvalue weighted by molar-refractivity contribution is 5.15. The highest BCUT2D eigenvalue weighted by Crippen LogP contribution is 2.36. The third-order valence-electron chi connectivity index (χ3n) is 7.34. The average molecular weight is 355 g/mol. The van der Waals surface area contributed by atoms with E-state index in [1.54, 1.807) is 0 Å². The molecule has 26 heavy (non-hydrogen) atoms. The number of hydrogen-bond acceptors (Lipinski definition) is 2. The van der Waals surface area contributed by atoms with E-state index in [9.17, 15) is 0 Å². The van der Waals surface area contributed by atoms with Gasteiger partial charge in [0, 0.05) is 25.7 Å². The van der Waals surface area contributed by atoms with Crippen molar-refractivity contribution in [2.24, 2.45) is 17.8 Å². The Morgan fingerprint density at radius 3 is 2.23 bits per heavy atom. The Hall–Kier alpha value is -0.860. The molecule has 4 rings (SSSR count). The van der Waals surface area contributed by atoms with E-state index in [0.29, 0.717) is 0 Å². The van der Waals surface area contributed by atoms with Gasteiger partial charge in [-0.25, -0.2) is 0 Å². The van der Waals surface area contributed by atoms with Crippen molar-refractivity contribution >= 4 is 0 Å². The Bertz CT molecular complexity index is 516. The molecule has 0 aromatic heterocycles. The van der Waals surface area contributed by atoms with Gasteiger partial charge in [-0.1, -0.05) is 81.7 Å². The molecule has 2 atom stereocenters. The van der Waals surface area contributed by atoms with E-state index in [0.717, 1.165) is 30.3 Å². The quantitative estimate of drug-likeness (QED) is 0.752. The fourth-order valence-electron chi connectivity index (χ4n) is 5.85. The second kappa shape index (κ2) is 9.37. The summed E-state index contributed by atoms with van der Waals surface area (Å²) >= 11 is 0. The molecule has 1 heterocycles. The van der Waals surface area contributed by atoms with Crippen molar-refractivity contribution in [3.8, 4) is 0 Å². The van der Waals surface area contributed by atoms with Crippen molar-refractivity contribution in [1.82, 2.24) is 10.2 Å². The standard InChI is InChI=1S/C24H38N2/c1-4-10-20(11-5-1)16-25-24-19-26(17-21-12-6-2-7-13-21)18-23(24)22-14-8-3-9-15-22/h2,6-7,12-13,20,22-25H,1,3-5,8-11,14-19H2/t23-,24+/m0/s1. The molecule has 0 unspecified atom stereocenters. The van der Waals surface area contributed by atoms with Gasteiger partial charge in [0.05, 0.1) is 0 Å². The Kier molecular flexibility index (Phi) is 6.67. The zero-order valence-electron chi connectivity index (χ0n) is 16.5. The monoisotopic (exact) mass is 354 g/mol. The number of benzene rings is 1. The molecule has 144 valence electrons. The average Bonchev–Trinajstić information content (AvgIpc) is 3.11. The number of nitrogens with zero attached hydrogens (tertiary/aromatic N) is 1. The molecule has 3 fully saturated rings. The van der Waals surface area contributed by atoms with Gasteiger partial charge >= 0.3 is 0 Å². The molecule has 1 aromatic carbocycles. The van der Waals surface area contributed by atoms with E-state index in [4.69, 9.17) is 0 Å². The lowest BCUT2D eigenvalue weighted by atomic mass is 9.77. The van der Waals surface area contributed by atoms with Gasteiger partial charge in [0.25, 0.3) is 0 Å². The molecule has 0 spiro atoms. The molecule has 2 aliphatic carbocycles. The van der Waals surface area contributed by atoms with Gasteiger partial charge in [0.1, 0.15) is 0 Å². The first kappa shape index (κ1) is 18.5. The van der Waals surface area contributed by atoms with Gasteiger partial charge in [-0.3, -0.25) is 4.90 Å². The van der Waals surface area contributed by atoms with Crippen LogP contribution < -0.4 is 5.32 Å². The summed E-state index contributed by atoms with van der Waals surface area (Å²) in [5.41, 5.74) is 1.47. The predicted octanol–water partition coefficient (Wildman–Crippen LogP) is 5.24. The minimum absolute atomic E-state index is 0.726. The maximum absolute atomic E-state index is 4.07. The van der Waals surface area contributed by atoms with Crippen LogP contribution in [0, 0.1) is 17.8 Å². The fraction of sp³-hybridized carbons (Fsp3) is 0.750. The summed E-state index contributed by atoms with van der Waals surface area (Å²) in [4.78, 5) is 2.73. The van der Waals surface area contributed by atoms with Crippen molar-refractivity contribution < 1.29 is 0 Å². The van der Waals surface area contributed by atoms with Gasteiger partial charge in [-0.2, -0.15) is 0 Å². The van der Waals surface area contributed by atoms with Crippen molar-refractivity contribution in [1.29, 1.82) is 0 Å². The molecule has 0 amide bonds. The van der Waals surface area contributed by atoms with E-state index in [1.165, 1.54) is 89.4 Å². The second-order valence-corrected chi connectivity index (χ2v) is 9.26. The van der Waals surface area contributed by atoms with Gasteiger partial charge in [-0.15, -0.1) is 0 Å². The molecule has 2 heteroatoms. The maximum atomic E-state index is 4.07. The Morgan fingerprint density at radius 2 is 1.50 bits per heavy atom. The number of likely N-dealkylation sites (tertiary alicyclic amines) is 1. The molecule has 0 radical (unpaired) electrons. The van der Waals surface area contributed by atoms with Crippen molar-refractivity contribution in [3.05, 3.63) is 35.9 Å². The van der Waals surface area contributed by atoms with E-state index in [1.807, 2.05) is 0 Å². The van der Waals surface area contributed by atoms with Crippen LogP contribution in [0.1, 0.15) is 69.8 Å². The SMILES string of the molecule is c1ccc(CN2C[C@@H](NCC3CCCCC3)[C@H](C3CCCCC3)C2)cc1. The normalized spacial score (nSPS) is 29.2. The summed E-state index contributed by atoms with van der Waals surface area (Å²) < 4.78 is 0. The lowest BCUT2D eigenvalue weighted by Gasteiger charge is -2.32. The first-order chi connectivity index (χ1) is 12.9. The summed E-state index contributed by atoms with van der Waals surface area (Å²) in [6.45, 7) is 4.96. The summed E-state index contributed by atoms with van der Waals surface area (Å²) in [6.07, 6.45) is 14.7. The van der Waals surface area contributed by atoms with Gasteiger partial charge < -0.3 is 5.32 Å². The summed E-state index contributed by atoms with van der Waals surface area (Å²) in [5, 5.41) is 4.07. The third kappa shape index (κ3) is 4.89. The van der Waals surface area contributed by atoms with E-state index in [-0.39, 0.29) is 0 Å². The first-order valence-electron chi connectivity index (χ1n) is 11.4. The molecule has 1 N–H and O–H groups in total. The van der Waals surface area contributed by atoms with E-state index < -0.39 is 0 Å². The van der Waals surface area contributed by atoms with Crippen LogP contribution in [0.15, 0.2) is 30.3 Å². The zero-order valence-corrected chi connectivity index (χ0v) is 16.5. The Morgan fingerprint density at radius 1 is 0.808 bits per heavy atom. The summed E-state index contributed by atoms with van der Waals surface area (Å²) in [6, 6.07) is 11.8. The van der Waals surface area contributed by atoms with Crippen LogP contribution in [-0.2, 0) is 6.54 Å². The highest BCUT2D eigenvalue weighted by atomic mass is 15.2. The summed E-state index contributed by atoms with van der Waals surface area (Å²) in [5.74, 6) is 2.79. The Labute approximate surface area is 160 Å². The largest absolute Gasteiger partial charge is 0.312 e.